The number of fused-ring (bicyclic) bond motifs is 1. The number of aryl methyl sites for hydroxylation is 1. The lowest BCUT2D eigenvalue weighted by Gasteiger charge is -2.00. The Morgan fingerprint density at radius 1 is 1.15 bits per heavy atom. The maximum atomic E-state index is 8.72. The fraction of sp³-hybridized carbons (Fsp3) is 0.0833. The van der Waals surface area contributed by atoms with Crippen LogP contribution in [0.2, 0.25) is 0 Å². The molecular formula is C12H9N. The molecule has 0 N–H and O–H groups in total. The summed E-state index contributed by atoms with van der Waals surface area (Å²) in [5.74, 6) is 0. The minimum Gasteiger partial charge on any atom is -0.192 e. The number of hydrogen-bond acceptors (Lipinski definition) is 1. The highest BCUT2D eigenvalue weighted by Crippen LogP contribution is 2.18. The Morgan fingerprint density at radius 3 is 2.77 bits per heavy atom. The number of nitrogens with zero attached hydrogens (tertiary/aromatic N) is 1. The van der Waals surface area contributed by atoms with Gasteiger partial charge in [0.2, 0.25) is 0 Å². The van der Waals surface area contributed by atoms with Crippen LogP contribution >= 0.6 is 0 Å². The summed E-state index contributed by atoms with van der Waals surface area (Å²) in [6, 6.07) is 14.0. The molecule has 0 aliphatic carbocycles. The maximum absolute atomic E-state index is 8.72. The van der Waals surface area contributed by atoms with Crippen LogP contribution in [-0.2, 0) is 0 Å². The summed E-state index contributed by atoms with van der Waals surface area (Å²) >= 11 is 0. The highest BCUT2D eigenvalue weighted by Gasteiger charge is 1.96. The molecule has 0 heterocycles. The molecule has 0 saturated carbocycles. The number of rotatable bonds is 0. The van der Waals surface area contributed by atoms with Crippen molar-refractivity contribution in [2.75, 3.05) is 0 Å². The number of benzene rings is 2. The molecule has 2 aromatic rings. The van der Waals surface area contributed by atoms with E-state index in [-0.39, 0.29) is 0 Å². The fourth-order valence-electron chi connectivity index (χ4n) is 1.52. The first-order valence-corrected chi connectivity index (χ1v) is 4.21. The molecule has 0 aliphatic rings. The van der Waals surface area contributed by atoms with Crippen molar-refractivity contribution in [1.29, 1.82) is 5.26 Å². The van der Waals surface area contributed by atoms with E-state index in [1.807, 2.05) is 30.3 Å². The zero-order valence-electron chi connectivity index (χ0n) is 7.41. The van der Waals surface area contributed by atoms with Gasteiger partial charge in [-0.1, -0.05) is 24.3 Å². The molecule has 62 valence electrons. The third-order valence-corrected chi connectivity index (χ3v) is 2.23. The van der Waals surface area contributed by atoms with E-state index < -0.39 is 0 Å². The highest BCUT2D eigenvalue weighted by atomic mass is 14.2. The summed E-state index contributed by atoms with van der Waals surface area (Å²) in [4.78, 5) is 0. The van der Waals surface area contributed by atoms with Crippen molar-refractivity contribution in [2.24, 2.45) is 0 Å². The van der Waals surface area contributed by atoms with Gasteiger partial charge in [0.25, 0.3) is 0 Å². The van der Waals surface area contributed by atoms with Gasteiger partial charge in [-0.05, 0) is 35.4 Å². The molecule has 1 nitrogen and oxygen atoms in total. The number of nitriles is 1. The van der Waals surface area contributed by atoms with E-state index in [0.29, 0.717) is 0 Å². The number of hydrogen-bond donors (Lipinski definition) is 0. The molecular weight excluding hydrogens is 158 g/mol. The molecule has 0 fully saturated rings. The zero-order chi connectivity index (χ0) is 9.26. The van der Waals surface area contributed by atoms with Crippen LogP contribution in [0.25, 0.3) is 10.8 Å². The second kappa shape index (κ2) is 2.91. The lowest BCUT2D eigenvalue weighted by molar-refractivity contribution is 1.48. The van der Waals surface area contributed by atoms with Crippen LogP contribution in [0.3, 0.4) is 0 Å². The topological polar surface area (TPSA) is 23.8 Å². The minimum absolute atomic E-state index is 0.720. The highest BCUT2D eigenvalue weighted by molar-refractivity contribution is 5.86. The standard InChI is InChI=1S/C12H9N/c1-9-3-2-4-11-7-10(8-13)5-6-12(9)11/h2-7H,1H3. The van der Waals surface area contributed by atoms with E-state index in [1.54, 1.807) is 0 Å². The van der Waals surface area contributed by atoms with Gasteiger partial charge in [0, 0.05) is 0 Å². The molecule has 1 heteroatoms. The normalized spacial score (nSPS) is 9.85. The summed E-state index contributed by atoms with van der Waals surface area (Å²) in [5, 5.41) is 11.1. The molecule has 0 atom stereocenters. The van der Waals surface area contributed by atoms with Crippen molar-refractivity contribution < 1.29 is 0 Å². The third kappa shape index (κ3) is 1.27. The Kier molecular flexibility index (Phi) is 1.75. The minimum atomic E-state index is 0.720. The first kappa shape index (κ1) is 7.82. The Hall–Kier alpha value is -1.81. The summed E-state index contributed by atoms with van der Waals surface area (Å²) in [5.41, 5.74) is 1.97. The Morgan fingerprint density at radius 2 is 2.00 bits per heavy atom. The van der Waals surface area contributed by atoms with Gasteiger partial charge in [-0.3, -0.25) is 0 Å². The predicted octanol–water partition coefficient (Wildman–Crippen LogP) is 3.02. The fourth-order valence-corrected chi connectivity index (χ4v) is 1.52. The van der Waals surface area contributed by atoms with E-state index >= 15 is 0 Å². The van der Waals surface area contributed by atoms with E-state index in [1.165, 1.54) is 10.9 Å². The van der Waals surface area contributed by atoms with Gasteiger partial charge in [-0.25, -0.2) is 0 Å². The smallest absolute Gasteiger partial charge is 0.0991 e. The van der Waals surface area contributed by atoms with E-state index in [4.69, 9.17) is 5.26 Å². The van der Waals surface area contributed by atoms with Gasteiger partial charge in [-0.2, -0.15) is 5.26 Å². The molecule has 0 amide bonds. The molecule has 13 heavy (non-hydrogen) atoms. The monoisotopic (exact) mass is 167 g/mol. The van der Waals surface area contributed by atoms with E-state index in [0.717, 1.165) is 10.9 Å². The summed E-state index contributed by atoms with van der Waals surface area (Å²) in [6.07, 6.45) is 0. The maximum Gasteiger partial charge on any atom is 0.0991 e. The molecule has 0 unspecified atom stereocenters. The van der Waals surface area contributed by atoms with Gasteiger partial charge in [-0.15, -0.1) is 0 Å². The van der Waals surface area contributed by atoms with Crippen molar-refractivity contribution >= 4 is 10.8 Å². The van der Waals surface area contributed by atoms with Crippen molar-refractivity contribution in [3.8, 4) is 6.07 Å². The SMILES string of the molecule is Cc1cccc2cc(C#N)ccc12. The molecule has 0 radical (unpaired) electrons. The third-order valence-electron chi connectivity index (χ3n) is 2.23. The molecule has 2 aromatic carbocycles. The van der Waals surface area contributed by atoms with Crippen molar-refractivity contribution in [2.45, 2.75) is 6.92 Å². The Balaban J connectivity index is 2.82. The first-order valence-electron chi connectivity index (χ1n) is 4.21. The van der Waals surface area contributed by atoms with E-state index in [9.17, 15) is 0 Å². The van der Waals surface area contributed by atoms with Crippen molar-refractivity contribution in [3.05, 3.63) is 47.5 Å². The molecule has 2 rings (SSSR count). The van der Waals surface area contributed by atoms with Gasteiger partial charge >= 0.3 is 0 Å². The van der Waals surface area contributed by atoms with Crippen molar-refractivity contribution in [1.82, 2.24) is 0 Å². The molecule has 0 saturated heterocycles. The average molecular weight is 167 g/mol. The summed E-state index contributed by atoms with van der Waals surface area (Å²) in [6.45, 7) is 2.08. The first-order chi connectivity index (χ1) is 6.31. The second-order valence-electron chi connectivity index (χ2n) is 3.12. The summed E-state index contributed by atoms with van der Waals surface area (Å²) in [7, 11) is 0. The largest absolute Gasteiger partial charge is 0.192 e. The van der Waals surface area contributed by atoms with E-state index in [2.05, 4.69) is 19.1 Å². The van der Waals surface area contributed by atoms with Gasteiger partial charge in [0.1, 0.15) is 0 Å². The molecule has 0 aromatic heterocycles. The van der Waals surface area contributed by atoms with Crippen LogP contribution in [0, 0.1) is 18.3 Å². The van der Waals surface area contributed by atoms with Crippen LogP contribution in [0.15, 0.2) is 36.4 Å². The second-order valence-corrected chi connectivity index (χ2v) is 3.12. The molecule has 0 aliphatic heterocycles. The molecule has 0 spiro atoms. The quantitative estimate of drug-likeness (QED) is 0.591. The van der Waals surface area contributed by atoms with Crippen LogP contribution in [0.4, 0.5) is 0 Å². The Labute approximate surface area is 77.2 Å². The van der Waals surface area contributed by atoms with Crippen LogP contribution < -0.4 is 0 Å². The van der Waals surface area contributed by atoms with Gasteiger partial charge in [0.05, 0.1) is 11.6 Å². The Bertz CT molecular complexity index is 492. The van der Waals surface area contributed by atoms with Crippen molar-refractivity contribution in [3.63, 3.8) is 0 Å². The lowest BCUT2D eigenvalue weighted by Crippen LogP contribution is -1.79. The van der Waals surface area contributed by atoms with Crippen LogP contribution in [0.5, 0.6) is 0 Å². The predicted molar refractivity (Wildman–Crippen MR) is 53.4 cm³/mol. The zero-order valence-corrected chi connectivity index (χ0v) is 7.41. The van der Waals surface area contributed by atoms with Crippen LogP contribution in [0.1, 0.15) is 11.1 Å². The summed E-state index contributed by atoms with van der Waals surface area (Å²) < 4.78 is 0. The van der Waals surface area contributed by atoms with Gasteiger partial charge < -0.3 is 0 Å². The van der Waals surface area contributed by atoms with Crippen LogP contribution in [-0.4, -0.2) is 0 Å². The van der Waals surface area contributed by atoms with Gasteiger partial charge in [0.15, 0.2) is 0 Å². The lowest BCUT2D eigenvalue weighted by atomic mass is 10.0. The molecule has 0 bridgehead atoms. The average Bonchev–Trinajstić information content (AvgIpc) is 2.18.